The molecule has 9 heteroatoms. The SMILES string of the molecule is O=C(NC1CCN(CCCCC2(C(=O)NCC(F)(F)F)c3ccccc3-c3ccccc32)CC1)c1ccccc1Nc1ccccc1. The molecular formula is C38H39F3N4O2. The van der Waals surface area contributed by atoms with Crippen LogP contribution in [-0.2, 0) is 10.2 Å². The molecule has 4 aromatic rings. The number of amides is 2. The van der Waals surface area contributed by atoms with Crippen LogP contribution in [0.3, 0.4) is 0 Å². The van der Waals surface area contributed by atoms with Gasteiger partial charge in [0.1, 0.15) is 12.0 Å². The van der Waals surface area contributed by atoms with E-state index in [9.17, 15) is 22.8 Å². The number of halogens is 3. The maximum atomic E-state index is 13.7. The largest absolute Gasteiger partial charge is 0.405 e. The van der Waals surface area contributed by atoms with Gasteiger partial charge in [0.05, 0.1) is 11.3 Å². The molecule has 47 heavy (non-hydrogen) atoms. The van der Waals surface area contributed by atoms with E-state index in [1.54, 1.807) is 0 Å². The summed E-state index contributed by atoms with van der Waals surface area (Å²) in [5.41, 5.74) is 4.40. The Balaban J connectivity index is 1.05. The third-order valence-electron chi connectivity index (χ3n) is 9.32. The van der Waals surface area contributed by atoms with Gasteiger partial charge in [0.15, 0.2) is 0 Å². The predicted molar refractivity (Wildman–Crippen MR) is 179 cm³/mol. The Morgan fingerprint density at radius 1 is 0.766 bits per heavy atom. The number of piperidine rings is 1. The molecule has 1 saturated heterocycles. The van der Waals surface area contributed by atoms with Crippen molar-refractivity contribution in [2.24, 2.45) is 0 Å². The van der Waals surface area contributed by atoms with Crippen LogP contribution in [0.4, 0.5) is 24.5 Å². The molecule has 3 N–H and O–H groups in total. The Labute approximate surface area is 273 Å². The summed E-state index contributed by atoms with van der Waals surface area (Å²) in [5, 5.41) is 8.76. The molecule has 2 amide bonds. The number of anilines is 2. The average molecular weight is 641 g/mol. The van der Waals surface area contributed by atoms with Crippen molar-refractivity contribution in [3.8, 4) is 11.1 Å². The van der Waals surface area contributed by atoms with Gasteiger partial charge in [-0.15, -0.1) is 0 Å². The van der Waals surface area contributed by atoms with Crippen LogP contribution in [0.15, 0.2) is 103 Å². The fraction of sp³-hybridized carbons (Fsp3) is 0.316. The number of nitrogens with zero attached hydrogens (tertiary/aromatic N) is 1. The average Bonchev–Trinajstić information content (AvgIpc) is 3.37. The number of hydrogen-bond donors (Lipinski definition) is 3. The molecule has 1 heterocycles. The highest BCUT2D eigenvalue weighted by atomic mass is 19.4. The van der Waals surface area contributed by atoms with E-state index < -0.39 is 24.0 Å². The Morgan fingerprint density at radius 3 is 2.02 bits per heavy atom. The second-order valence-electron chi connectivity index (χ2n) is 12.4. The second-order valence-corrected chi connectivity index (χ2v) is 12.4. The minimum atomic E-state index is -4.50. The summed E-state index contributed by atoms with van der Waals surface area (Å²) in [6, 6.07) is 32.4. The minimum Gasteiger partial charge on any atom is -0.355 e. The van der Waals surface area contributed by atoms with Crippen molar-refractivity contribution in [3.05, 3.63) is 120 Å². The summed E-state index contributed by atoms with van der Waals surface area (Å²) in [4.78, 5) is 29.3. The first-order valence-corrected chi connectivity index (χ1v) is 16.2. The zero-order chi connectivity index (χ0) is 32.9. The molecule has 0 spiro atoms. The number of likely N-dealkylation sites (tertiary alicyclic amines) is 1. The molecule has 0 aromatic heterocycles. The molecule has 0 atom stereocenters. The highest BCUT2D eigenvalue weighted by Crippen LogP contribution is 2.51. The number of alkyl halides is 3. The number of carbonyl (C=O) groups is 2. The third-order valence-corrected chi connectivity index (χ3v) is 9.32. The summed E-state index contributed by atoms with van der Waals surface area (Å²) in [7, 11) is 0. The number of unbranched alkanes of at least 4 members (excludes halogenated alkanes) is 1. The van der Waals surface area contributed by atoms with E-state index in [1.807, 2.05) is 103 Å². The number of rotatable bonds is 11. The van der Waals surface area contributed by atoms with E-state index in [0.717, 1.165) is 72.5 Å². The van der Waals surface area contributed by atoms with Crippen molar-refractivity contribution in [3.63, 3.8) is 0 Å². The van der Waals surface area contributed by atoms with Crippen LogP contribution in [-0.4, -0.2) is 55.1 Å². The van der Waals surface area contributed by atoms with Gasteiger partial charge in [0, 0.05) is 24.8 Å². The topological polar surface area (TPSA) is 73.5 Å². The quantitative estimate of drug-likeness (QED) is 0.149. The Morgan fingerprint density at radius 2 is 1.36 bits per heavy atom. The monoisotopic (exact) mass is 640 g/mol. The molecule has 1 fully saturated rings. The standard InChI is InChI=1S/C38H39F3N4O2/c39-38(40,41)26-42-36(47)37(32-17-7-4-14-29(32)30-15-5-8-18-33(30)37)22-10-11-23-45-24-20-28(21-25-45)44-35(46)31-16-6-9-19-34(31)43-27-12-2-1-3-13-27/h1-9,12-19,28,43H,10-11,20-26H2,(H,42,47)(H,44,46). The van der Waals surface area contributed by atoms with Crippen LogP contribution in [0.1, 0.15) is 53.6 Å². The van der Waals surface area contributed by atoms with Gasteiger partial charge >= 0.3 is 6.18 Å². The highest BCUT2D eigenvalue weighted by molar-refractivity contribution is 6.01. The molecule has 0 bridgehead atoms. The van der Waals surface area contributed by atoms with Crippen molar-refractivity contribution in [2.75, 3.05) is 31.5 Å². The Hall–Kier alpha value is -4.63. The summed E-state index contributed by atoms with van der Waals surface area (Å²) >= 11 is 0. The number of nitrogens with one attached hydrogen (secondary N) is 3. The second kappa shape index (κ2) is 14.0. The molecule has 0 unspecified atom stereocenters. The number of hydrogen-bond acceptors (Lipinski definition) is 4. The molecule has 0 radical (unpaired) electrons. The van der Waals surface area contributed by atoms with Crippen molar-refractivity contribution in [2.45, 2.75) is 49.7 Å². The molecular weight excluding hydrogens is 601 g/mol. The summed E-state index contributed by atoms with van der Waals surface area (Å²) in [6.45, 7) is 1.11. The number of fused-ring (bicyclic) bond motifs is 3. The van der Waals surface area contributed by atoms with Gasteiger partial charge in [-0.1, -0.05) is 85.3 Å². The zero-order valence-electron chi connectivity index (χ0n) is 26.2. The van der Waals surface area contributed by atoms with Crippen LogP contribution < -0.4 is 16.0 Å². The van der Waals surface area contributed by atoms with Gasteiger partial charge in [-0.2, -0.15) is 13.2 Å². The summed E-state index contributed by atoms with van der Waals surface area (Å²) < 4.78 is 39.5. The van der Waals surface area contributed by atoms with Gasteiger partial charge in [-0.3, -0.25) is 9.59 Å². The van der Waals surface area contributed by atoms with Gasteiger partial charge in [0.25, 0.3) is 5.91 Å². The lowest BCUT2D eigenvalue weighted by Crippen LogP contribution is -2.47. The van der Waals surface area contributed by atoms with Crippen molar-refractivity contribution >= 4 is 23.2 Å². The van der Waals surface area contributed by atoms with Crippen molar-refractivity contribution in [1.82, 2.24) is 15.5 Å². The van der Waals surface area contributed by atoms with E-state index in [4.69, 9.17) is 0 Å². The predicted octanol–water partition coefficient (Wildman–Crippen LogP) is 7.44. The number of benzene rings is 4. The maximum absolute atomic E-state index is 13.7. The molecule has 2 aliphatic rings. The van der Waals surface area contributed by atoms with Crippen LogP contribution in [0.2, 0.25) is 0 Å². The first-order valence-electron chi connectivity index (χ1n) is 16.2. The number of para-hydroxylation sites is 2. The molecule has 6 nitrogen and oxygen atoms in total. The lowest BCUT2D eigenvalue weighted by molar-refractivity contribution is -0.141. The van der Waals surface area contributed by atoms with E-state index in [1.165, 1.54) is 0 Å². The molecule has 244 valence electrons. The lowest BCUT2D eigenvalue weighted by atomic mass is 9.73. The van der Waals surface area contributed by atoms with Crippen LogP contribution in [0.5, 0.6) is 0 Å². The first-order chi connectivity index (χ1) is 22.7. The normalized spacial score (nSPS) is 15.8. The van der Waals surface area contributed by atoms with E-state index in [2.05, 4.69) is 20.9 Å². The number of carbonyl (C=O) groups excluding carboxylic acids is 2. The third kappa shape index (κ3) is 7.20. The smallest absolute Gasteiger partial charge is 0.355 e. The fourth-order valence-electron chi connectivity index (χ4n) is 7.04. The zero-order valence-corrected chi connectivity index (χ0v) is 26.2. The maximum Gasteiger partial charge on any atom is 0.405 e. The molecule has 0 saturated carbocycles. The van der Waals surface area contributed by atoms with Gasteiger partial charge in [-0.25, -0.2) is 0 Å². The molecule has 4 aromatic carbocycles. The van der Waals surface area contributed by atoms with Gasteiger partial charge < -0.3 is 20.9 Å². The summed E-state index contributed by atoms with van der Waals surface area (Å²) in [6.07, 6.45) is -0.969. The highest BCUT2D eigenvalue weighted by Gasteiger charge is 2.49. The van der Waals surface area contributed by atoms with E-state index in [-0.39, 0.29) is 11.9 Å². The van der Waals surface area contributed by atoms with Crippen molar-refractivity contribution < 1.29 is 22.8 Å². The Bertz CT molecular complexity index is 1660. The minimum absolute atomic E-state index is 0.0654. The Kier molecular flexibility index (Phi) is 9.63. The molecule has 1 aliphatic carbocycles. The fourth-order valence-corrected chi connectivity index (χ4v) is 7.04. The molecule has 1 aliphatic heterocycles. The first kappa shape index (κ1) is 32.3. The summed E-state index contributed by atoms with van der Waals surface area (Å²) in [5.74, 6) is -0.710. The van der Waals surface area contributed by atoms with Crippen molar-refractivity contribution in [1.29, 1.82) is 0 Å². The van der Waals surface area contributed by atoms with Gasteiger partial charge in [-0.05, 0) is 78.7 Å². The molecule has 6 rings (SSSR count). The van der Waals surface area contributed by atoms with E-state index >= 15 is 0 Å². The lowest BCUT2D eigenvalue weighted by Gasteiger charge is -2.33. The van der Waals surface area contributed by atoms with Crippen LogP contribution >= 0.6 is 0 Å². The van der Waals surface area contributed by atoms with Crippen LogP contribution in [0, 0.1) is 0 Å². The van der Waals surface area contributed by atoms with Gasteiger partial charge in [0.2, 0.25) is 5.91 Å². The van der Waals surface area contributed by atoms with Crippen LogP contribution in [0.25, 0.3) is 11.1 Å². The van der Waals surface area contributed by atoms with E-state index in [0.29, 0.717) is 18.4 Å².